The second-order valence-corrected chi connectivity index (χ2v) is 6.41. The molecule has 0 aliphatic heterocycles. The molecule has 118 valence electrons. The van der Waals surface area contributed by atoms with E-state index < -0.39 is 0 Å². The number of thioether (sulfide) groups is 1. The topological polar surface area (TPSA) is 55.1 Å². The van der Waals surface area contributed by atoms with Gasteiger partial charge in [0.15, 0.2) is 0 Å². The van der Waals surface area contributed by atoms with Crippen molar-refractivity contribution < 1.29 is 4.79 Å². The molecule has 0 saturated carbocycles. The lowest BCUT2D eigenvalue weighted by Gasteiger charge is -2.26. The van der Waals surface area contributed by atoms with Crippen molar-refractivity contribution in [2.45, 2.75) is 44.6 Å². The molecule has 2 rings (SSSR count). The normalized spacial score (nSPS) is 16.7. The summed E-state index contributed by atoms with van der Waals surface area (Å²) in [6, 6.07) is 6.23. The van der Waals surface area contributed by atoms with Gasteiger partial charge in [-0.25, -0.2) is 0 Å². The Morgan fingerprint density at radius 1 is 1.43 bits per heavy atom. The Labute approximate surface area is 137 Å². The van der Waals surface area contributed by atoms with Gasteiger partial charge in [0, 0.05) is 12.1 Å². The molecule has 0 heterocycles. The maximum absolute atomic E-state index is 12.0. The highest BCUT2D eigenvalue weighted by Gasteiger charge is 2.21. The van der Waals surface area contributed by atoms with E-state index in [1.807, 2.05) is 23.9 Å². The van der Waals surface area contributed by atoms with Gasteiger partial charge < -0.3 is 11.1 Å². The van der Waals surface area contributed by atoms with Crippen LogP contribution in [-0.2, 0) is 11.2 Å². The summed E-state index contributed by atoms with van der Waals surface area (Å²) in [6.45, 7) is 0. The highest BCUT2D eigenvalue weighted by Crippen LogP contribution is 2.31. The van der Waals surface area contributed by atoms with Gasteiger partial charge in [0.2, 0.25) is 5.91 Å². The molecule has 3 N–H and O–H groups in total. The fraction of sp³-hybridized carbons (Fsp3) is 0.562. The molecule has 0 aromatic heterocycles. The standard InChI is InChI=1S/C16H24N2OS.ClH/c1-20-10-3-2-7-16(19)18-15-6-4-5-12-11-13(17)8-9-14(12)15;/h8-9,11,15H,2-7,10,17H2,1H3,(H,18,19);1H. The predicted molar refractivity (Wildman–Crippen MR) is 94.2 cm³/mol. The molecule has 1 aromatic rings. The van der Waals surface area contributed by atoms with E-state index in [0.29, 0.717) is 6.42 Å². The van der Waals surface area contributed by atoms with Crippen LogP contribution in [0.2, 0.25) is 0 Å². The monoisotopic (exact) mass is 328 g/mol. The Morgan fingerprint density at radius 3 is 3.00 bits per heavy atom. The number of amides is 1. The molecule has 0 bridgehead atoms. The van der Waals surface area contributed by atoms with Crippen LogP contribution in [0.5, 0.6) is 0 Å². The lowest BCUT2D eigenvalue weighted by Crippen LogP contribution is -2.30. The molecule has 0 radical (unpaired) electrons. The molecule has 1 amide bonds. The zero-order chi connectivity index (χ0) is 14.4. The van der Waals surface area contributed by atoms with Gasteiger partial charge in [-0.05, 0) is 67.4 Å². The van der Waals surface area contributed by atoms with E-state index >= 15 is 0 Å². The number of rotatable bonds is 6. The second-order valence-electron chi connectivity index (χ2n) is 5.42. The van der Waals surface area contributed by atoms with Gasteiger partial charge in [-0.1, -0.05) is 6.07 Å². The van der Waals surface area contributed by atoms with Crippen molar-refractivity contribution in [3.8, 4) is 0 Å². The first kappa shape index (κ1) is 18.2. The third-order valence-corrected chi connectivity index (χ3v) is 4.52. The lowest BCUT2D eigenvalue weighted by molar-refractivity contribution is -0.122. The molecular formula is C16H25ClN2OS. The van der Waals surface area contributed by atoms with Crippen LogP contribution in [0.15, 0.2) is 18.2 Å². The maximum Gasteiger partial charge on any atom is 0.220 e. The van der Waals surface area contributed by atoms with Crippen LogP contribution < -0.4 is 11.1 Å². The number of carbonyl (C=O) groups excluding carboxylic acids is 1. The van der Waals surface area contributed by atoms with Gasteiger partial charge in [0.05, 0.1) is 6.04 Å². The quantitative estimate of drug-likeness (QED) is 0.618. The number of benzene rings is 1. The number of nitrogens with one attached hydrogen (secondary N) is 1. The number of nitrogen functional groups attached to an aromatic ring is 1. The van der Waals surface area contributed by atoms with Crippen LogP contribution in [0.3, 0.4) is 0 Å². The average molecular weight is 329 g/mol. The van der Waals surface area contributed by atoms with Gasteiger partial charge in [-0.15, -0.1) is 12.4 Å². The number of hydrogen-bond acceptors (Lipinski definition) is 3. The first-order chi connectivity index (χ1) is 9.70. The Balaban J connectivity index is 0.00000220. The van der Waals surface area contributed by atoms with Crippen molar-refractivity contribution in [2.24, 2.45) is 0 Å². The van der Waals surface area contributed by atoms with Crippen LogP contribution in [0, 0.1) is 0 Å². The van der Waals surface area contributed by atoms with Crippen LogP contribution in [0.1, 0.15) is 49.3 Å². The van der Waals surface area contributed by atoms with Crippen LogP contribution in [0.4, 0.5) is 5.69 Å². The minimum atomic E-state index is 0. The SMILES string of the molecule is CSCCCCC(=O)NC1CCCc2cc(N)ccc21.Cl. The first-order valence-corrected chi connectivity index (χ1v) is 8.76. The fourth-order valence-corrected chi connectivity index (χ4v) is 3.28. The Kier molecular flexibility index (Phi) is 7.97. The Bertz CT molecular complexity index is 468. The van der Waals surface area contributed by atoms with E-state index in [2.05, 4.69) is 17.6 Å². The van der Waals surface area contributed by atoms with Crippen molar-refractivity contribution in [1.82, 2.24) is 5.32 Å². The molecule has 1 aliphatic carbocycles. The molecule has 1 aromatic carbocycles. The molecule has 0 saturated heterocycles. The number of fused-ring (bicyclic) bond motifs is 1. The van der Waals surface area contributed by atoms with Gasteiger partial charge in [0.1, 0.15) is 0 Å². The van der Waals surface area contributed by atoms with Crippen molar-refractivity contribution in [2.75, 3.05) is 17.7 Å². The van der Waals surface area contributed by atoms with Gasteiger partial charge in [-0.2, -0.15) is 11.8 Å². The summed E-state index contributed by atoms with van der Waals surface area (Å²) in [5.74, 6) is 1.32. The zero-order valence-electron chi connectivity index (χ0n) is 12.6. The highest BCUT2D eigenvalue weighted by atomic mass is 35.5. The van der Waals surface area contributed by atoms with E-state index in [9.17, 15) is 4.79 Å². The zero-order valence-corrected chi connectivity index (χ0v) is 14.2. The molecule has 1 aliphatic rings. The third-order valence-electron chi connectivity index (χ3n) is 3.82. The fourth-order valence-electron chi connectivity index (χ4n) is 2.78. The summed E-state index contributed by atoms with van der Waals surface area (Å²) in [7, 11) is 0. The number of anilines is 1. The van der Waals surface area contributed by atoms with Crippen molar-refractivity contribution >= 4 is 35.8 Å². The summed E-state index contributed by atoms with van der Waals surface area (Å²) >= 11 is 1.84. The minimum absolute atomic E-state index is 0. The van der Waals surface area contributed by atoms with E-state index in [1.54, 1.807) is 0 Å². The summed E-state index contributed by atoms with van der Waals surface area (Å²) in [6.07, 6.45) is 8.06. The van der Waals surface area contributed by atoms with Gasteiger partial charge in [-0.3, -0.25) is 4.79 Å². The maximum atomic E-state index is 12.0. The summed E-state index contributed by atoms with van der Waals surface area (Å²) in [5.41, 5.74) is 9.19. The summed E-state index contributed by atoms with van der Waals surface area (Å²) < 4.78 is 0. The first-order valence-electron chi connectivity index (χ1n) is 7.37. The molecule has 1 unspecified atom stereocenters. The van der Waals surface area contributed by atoms with E-state index in [4.69, 9.17) is 5.73 Å². The van der Waals surface area contributed by atoms with Crippen molar-refractivity contribution in [1.29, 1.82) is 0 Å². The molecule has 0 spiro atoms. The van der Waals surface area contributed by atoms with Crippen LogP contribution in [-0.4, -0.2) is 17.9 Å². The Morgan fingerprint density at radius 2 is 2.24 bits per heavy atom. The summed E-state index contributed by atoms with van der Waals surface area (Å²) in [4.78, 5) is 12.0. The molecule has 0 fully saturated rings. The average Bonchev–Trinajstić information content (AvgIpc) is 2.43. The second kappa shape index (κ2) is 9.21. The number of halogens is 1. The van der Waals surface area contributed by atoms with Crippen LogP contribution in [0.25, 0.3) is 0 Å². The van der Waals surface area contributed by atoms with E-state index in [-0.39, 0.29) is 24.4 Å². The largest absolute Gasteiger partial charge is 0.399 e. The molecular weight excluding hydrogens is 304 g/mol. The number of unbranched alkanes of at least 4 members (excludes halogenated alkanes) is 1. The van der Waals surface area contributed by atoms with Gasteiger partial charge >= 0.3 is 0 Å². The number of aryl methyl sites for hydroxylation is 1. The van der Waals surface area contributed by atoms with Crippen molar-refractivity contribution in [3.05, 3.63) is 29.3 Å². The Hall–Kier alpha value is -0.870. The van der Waals surface area contributed by atoms with Gasteiger partial charge in [0.25, 0.3) is 0 Å². The van der Waals surface area contributed by atoms with E-state index in [0.717, 1.165) is 43.5 Å². The third kappa shape index (κ3) is 5.44. The van der Waals surface area contributed by atoms with Crippen molar-refractivity contribution in [3.63, 3.8) is 0 Å². The smallest absolute Gasteiger partial charge is 0.220 e. The molecule has 5 heteroatoms. The van der Waals surface area contributed by atoms with Crippen LogP contribution >= 0.6 is 24.2 Å². The highest BCUT2D eigenvalue weighted by molar-refractivity contribution is 7.98. The molecule has 21 heavy (non-hydrogen) atoms. The molecule has 3 nitrogen and oxygen atoms in total. The number of carbonyl (C=O) groups is 1. The molecule has 1 atom stereocenters. The number of hydrogen-bond donors (Lipinski definition) is 2. The predicted octanol–water partition coefficient (Wildman–Crippen LogP) is 3.72. The minimum Gasteiger partial charge on any atom is -0.399 e. The van der Waals surface area contributed by atoms with E-state index in [1.165, 1.54) is 11.1 Å². The summed E-state index contributed by atoms with van der Waals surface area (Å²) in [5, 5.41) is 3.18. The lowest BCUT2D eigenvalue weighted by atomic mass is 9.87. The number of nitrogens with two attached hydrogens (primary N) is 1.